The molecule has 1 saturated heterocycles. The average Bonchev–Trinajstić information content (AvgIpc) is 3.23. The predicted molar refractivity (Wildman–Crippen MR) is 118 cm³/mol. The first-order valence-corrected chi connectivity index (χ1v) is 10.9. The zero-order valence-corrected chi connectivity index (χ0v) is 19.0. The van der Waals surface area contributed by atoms with Crippen molar-refractivity contribution in [2.45, 2.75) is 70.7 Å². The van der Waals surface area contributed by atoms with Crippen molar-refractivity contribution in [1.29, 1.82) is 0 Å². The number of likely N-dealkylation sites (tertiary alicyclic amines) is 1. The molecule has 0 bridgehead atoms. The molecule has 9 nitrogen and oxygen atoms in total. The molecule has 0 saturated carbocycles. The summed E-state index contributed by atoms with van der Waals surface area (Å²) in [5.41, 5.74) is 5.61. The molecule has 3 N–H and O–H groups in total. The van der Waals surface area contributed by atoms with E-state index >= 15 is 0 Å². The lowest BCUT2D eigenvalue weighted by Gasteiger charge is -2.23. The summed E-state index contributed by atoms with van der Waals surface area (Å²) in [6, 6.07) is 7.21. The lowest BCUT2D eigenvalue weighted by atomic mass is 10.1. The number of alkyl carbamates (subject to hydrolysis) is 1. The second-order valence-corrected chi connectivity index (χ2v) is 8.75. The molecule has 9 heteroatoms. The SMILES string of the molecule is CC(C)(C)OC(=O)N[C@@H](CCCN)C(=O)[N+]1CCC[C@H]1C(=O)C(=O)OCc1ccccc1. The number of amides is 2. The number of nitrogens with one attached hydrogen (secondary N) is 1. The Bertz CT molecular complexity index is 806. The summed E-state index contributed by atoms with van der Waals surface area (Å²) in [6.07, 6.45) is 1.00. The smallest absolute Gasteiger partial charge is 0.408 e. The number of benzene rings is 1. The summed E-state index contributed by atoms with van der Waals surface area (Å²) in [7, 11) is 0. The highest BCUT2D eigenvalue weighted by molar-refractivity contribution is 6.36. The fourth-order valence-electron chi connectivity index (χ4n) is 3.46. The first-order chi connectivity index (χ1) is 15.1. The molecule has 32 heavy (non-hydrogen) atoms. The molecule has 0 aliphatic carbocycles. The van der Waals surface area contributed by atoms with Gasteiger partial charge in [-0.25, -0.2) is 14.4 Å². The molecule has 175 valence electrons. The first-order valence-electron chi connectivity index (χ1n) is 10.9. The molecule has 1 radical (unpaired) electrons. The van der Waals surface area contributed by atoms with E-state index in [9.17, 15) is 19.2 Å². The summed E-state index contributed by atoms with van der Waals surface area (Å²) in [6.45, 7) is 5.80. The summed E-state index contributed by atoms with van der Waals surface area (Å²) < 4.78 is 10.4. The summed E-state index contributed by atoms with van der Waals surface area (Å²) >= 11 is 0. The molecule has 2 atom stereocenters. The van der Waals surface area contributed by atoms with E-state index in [4.69, 9.17) is 15.2 Å². The van der Waals surface area contributed by atoms with Gasteiger partial charge >= 0.3 is 23.8 Å². The molecule has 1 aromatic carbocycles. The zero-order chi connectivity index (χ0) is 23.7. The maximum Gasteiger partial charge on any atom is 0.408 e. The number of carbonyl (C=O) groups is 4. The van der Waals surface area contributed by atoms with Crippen molar-refractivity contribution < 1.29 is 28.7 Å². The van der Waals surface area contributed by atoms with Gasteiger partial charge in [0.25, 0.3) is 0 Å². The third-order valence-corrected chi connectivity index (χ3v) is 4.94. The van der Waals surface area contributed by atoms with Gasteiger partial charge in [0.15, 0.2) is 6.04 Å². The Morgan fingerprint density at radius 1 is 1.19 bits per heavy atom. The van der Waals surface area contributed by atoms with Crippen LogP contribution in [0.1, 0.15) is 52.0 Å². The van der Waals surface area contributed by atoms with E-state index in [2.05, 4.69) is 5.32 Å². The number of ether oxygens (including phenoxy) is 2. The molecule has 0 unspecified atom stereocenters. The number of ketones is 1. The number of esters is 1. The average molecular weight is 448 g/mol. The van der Waals surface area contributed by atoms with Gasteiger partial charge in [-0.1, -0.05) is 35.2 Å². The highest BCUT2D eigenvalue weighted by Crippen LogP contribution is 2.19. The Balaban J connectivity index is 2.03. The van der Waals surface area contributed by atoms with Crippen LogP contribution in [0.3, 0.4) is 0 Å². The van der Waals surface area contributed by atoms with Crippen LogP contribution in [-0.2, 0) is 30.5 Å². The second kappa shape index (κ2) is 11.7. The van der Waals surface area contributed by atoms with Gasteiger partial charge in [-0.3, -0.25) is 4.79 Å². The fourth-order valence-corrected chi connectivity index (χ4v) is 3.46. The first kappa shape index (κ1) is 25.5. The minimum absolute atomic E-state index is 0.0224. The Hall–Kier alpha value is -2.78. The molecule has 1 aliphatic rings. The number of nitrogens with two attached hydrogens (primary N) is 1. The minimum Gasteiger partial charge on any atom is -0.455 e. The quantitative estimate of drug-likeness (QED) is 0.335. The van der Waals surface area contributed by atoms with Crippen molar-refractivity contribution in [1.82, 2.24) is 10.2 Å². The van der Waals surface area contributed by atoms with Crippen molar-refractivity contribution in [3.63, 3.8) is 0 Å². The minimum atomic E-state index is -0.975. The van der Waals surface area contributed by atoms with Crippen LogP contribution >= 0.6 is 0 Å². The molecular formula is C23H33N3O6+. The lowest BCUT2D eigenvalue weighted by Crippen LogP contribution is -2.56. The van der Waals surface area contributed by atoms with Gasteiger partial charge in [0, 0.05) is 12.8 Å². The van der Waals surface area contributed by atoms with Crippen LogP contribution in [0.2, 0.25) is 0 Å². The van der Waals surface area contributed by atoms with E-state index in [0.29, 0.717) is 38.8 Å². The van der Waals surface area contributed by atoms with Crippen LogP contribution in [0.25, 0.3) is 0 Å². The van der Waals surface area contributed by atoms with Gasteiger partial charge in [0.05, 0.1) is 0 Å². The molecule has 1 aromatic rings. The van der Waals surface area contributed by atoms with Gasteiger partial charge in [0.1, 0.15) is 18.8 Å². The van der Waals surface area contributed by atoms with E-state index in [-0.39, 0.29) is 6.61 Å². The third-order valence-electron chi connectivity index (χ3n) is 4.94. The van der Waals surface area contributed by atoms with Crippen molar-refractivity contribution in [3.05, 3.63) is 35.9 Å². The summed E-state index contributed by atoms with van der Waals surface area (Å²) in [4.78, 5) is 51.8. The van der Waals surface area contributed by atoms with E-state index in [0.717, 1.165) is 5.56 Å². The summed E-state index contributed by atoms with van der Waals surface area (Å²) in [5, 5.41) is 2.59. The maximum atomic E-state index is 13.2. The standard InChI is InChI=1S/C23H33N3O6/c1-23(2,3)32-22(30)25-17(11-7-13-24)20(28)26-14-8-12-18(26)19(27)21(29)31-15-16-9-5-4-6-10-16/h4-6,9-10,17-18H,7-8,11-15,24H2,1-3H3,(H,25,30)/q+1/t17-,18-/m0/s1. The maximum absolute atomic E-state index is 13.2. The van der Waals surface area contributed by atoms with Crippen molar-refractivity contribution in [3.8, 4) is 0 Å². The molecule has 2 amide bonds. The largest absolute Gasteiger partial charge is 0.455 e. The Kier molecular flexibility index (Phi) is 9.34. The fraction of sp³-hybridized carbons (Fsp3) is 0.565. The van der Waals surface area contributed by atoms with E-state index < -0.39 is 41.4 Å². The Labute approximate surface area is 188 Å². The van der Waals surface area contributed by atoms with Gasteiger partial charge < -0.3 is 20.5 Å². The van der Waals surface area contributed by atoms with Crippen molar-refractivity contribution >= 4 is 23.8 Å². The van der Waals surface area contributed by atoms with E-state index in [1.807, 2.05) is 18.2 Å². The van der Waals surface area contributed by atoms with Crippen LogP contribution in [0.5, 0.6) is 0 Å². The van der Waals surface area contributed by atoms with Crippen LogP contribution in [0.4, 0.5) is 4.79 Å². The van der Waals surface area contributed by atoms with Crippen LogP contribution in [-0.4, -0.2) is 54.5 Å². The highest BCUT2D eigenvalue weighted by Gasteiger charge is 2.50. The third kappa shape index (κ3) is 7.72. The van der Waals surface area contributed by atoms with Crippen LogP contribution in [0.15, 0.2) is 30.3 Å². The molecule has 1 aliphatic heterocycles. The number of carbonyl (C=O) groups excluding carboxylic acids is 4. The topological polar surface area (TPSA) is 131 Å². The number of nitrogens with zero attached hydrogens (tertiary/aromatic N) is 1. The highest BCUT2D eigenvalue weighted by atomic mass is 16.6. The Morgan fingerprint density at radius 2 is 1.88 bits per heavy atom. The molecule has 0 aromatic heterocycles. The summed E-state index contributed by atoms with van der Waals surface area (Å²) in [5.74, 6) is -2.17. The predicted octanol–water partition coefficient (Wildman–Crippen LogP) is 1.76. The number of Topliss-reactive ketones (excluding diaryl/α,β-unsaturated/α-hetero) is 1. The number of rotatable bonds is 9. The van der Waals surface area contributed by atoms with Crippen molar-refractivity contribution in [2.24, 2.45) is 5.73 Å². The molecule has 0 spiro atoms. The Morgan fingerprint density at radius 3 is 2.50 bits per heavy atom. The molecule has 2 rings (SSSR count). The van der Waals surface area contributed by atoms with Gasteiger partial charge in [-0.2, -0.15) is 0 Å². The monoisotopic (exact) mass is 447 g/mol. The van der Waals surface area contributed by atoms with E-state index in [1.165, 1.54) is 4.90 Å². The lowest BCUT2D eigenvalue weighted by molar-refractivity contribution is -0.156. The number of hydrogen-bond donors (Lipinski definition) is 2. The van der Waals surface area contributed by atoms with E-state index in [1.54, 1.807) is 32.9 Å². The number of hydrogen-bond acceptors (Lipinski definition) is 7. The van der Waals surface area contributed by atoms with Crippen molar-refractivity contribution in [2.75, 3.05) is 13.1 Å². The van der Waals surface area contributed by atoms with Gasteiger partial charge in [-0.05, 0) is 45.7 Å². The van der Waals surface area contributed by atoms with Crippen LogP contribution in [0, 0.1) is 0 Å². The van der Waals surface area contributed by atoms with Gasteiger partial charge in [-0.15, -0.1) is 0 Å². The molecule has 1 fully saturated rings. The second-order valence-electron chi connectivity index (χ2n) is 8.75. The normalized spacial score (nSPS) is 17.4. The van der Waals surface area contributed by atoms with Crippen LogP contribution < -0.4 is 16.0 Å². The molecule has 1 heterocycles. The zero-order valence-electron chi connectivity index (χ0n) is 19.0. The van der Waals surface area contributed by atoms with Gasteiger partial charge in [0.2, 0.25) is 6.04 Å². The molecular weight excluding hydrogens is 414 g/mol.